The highest BCUT2D eigenvalue weighted by Gasteiger charge is 2.18. The smallest absolute Gasteiger partial charge is 0.258 e. The second-order valence-electron chi connectivity index (χ2n) is 6.42. The van der Waals surface area contributed by atoms with Crippen LogP contribution in [0, 0.1) is 0 Å². The Labute approximate surface area is 157 Å². The van der Waals surface area contributed by atoms with Gasteiger partial charge in [0.05, 0.1) is 12.0 Å². The standard InChI is InChI=1S/C19H22ClN3O3/c20-15-6-3-7-16(10-15)26-12-18(24)21-8-9-23-13-22-17(11-19(23)25)14-4-1-2-5-14/h3,6-7,10-11,13-14H,1-2,4-5,8-9,12H2,(H,21,24). The number of rotatable bonds is 7. The van der Waals surface area contributed by atoms with E-state index in [-0.39, 0.29) is 18.1 Å². The lowest BCUT2D eigenvalue weighted by Crippen LogP contribution is -2.33. The van der Waals surface area contributed by atoms with Gasteiger partial charge in [-0.25, -0.2) is 4.98 Å². The van der Waals surface area contributed by atoms with E-state index in [4.69, 9.17) is 16.3 Å². The molecule has 0 bridgehead atoms. The van der Waals surface area contributed by atoms with Gasteiger partial charge in [0.2, 0.25) is 0 Å². The number of carbonyl (C=O) groups excluding carboxylic acids is 1. The fourth-order valence-electron chi connectivity index (χ4n) is 3.13. The second kappa shape index (κ2) is 8.85. The maximum atomic E-state index is 12.2. The summed E-state index contributed by atoms with van der Waals surface area (Å²) in [5.74, 6) is 0.699. The Morgan fingerprint density at radius 1 is 1.31 bits per heavy atom. The SMILES string of the molecule is O=C(COc1cccc(Cl)c1)NCCn1cnc(C2CCCC2)cc1=O. The highest BCUT2D eigenvalue weighted by Crippen LogP contribution is 2.32. The Morgan fingerprint density at radius 3 is 2.85 bits per heavy atom. The van der Waals surface area contributed by atoms with Gasteiger partial charge in [-0.3, -0.25) is 14.2 Å². The molecule has 7 heteroatoms. The molecular weight excluding hydrogens is 354 g/mol. The molecule has 1 amide bonds. The number of nitrogens with one attached hydrogen (secondary N) is 1. The molecule has 0 radical (unpaired) electrons. The van der Waals surface area contributed by atoms with Crippen molar-refractivity contribution in [1.82, 2.24) is 14.9 Å². The number of hydrogen-bond acceptors (Lipinski definition) is 4. The van der Waals surface area contributed by atoms with Crippen molar-refractivity contribution < 1.29 is 9.53 Å². The highest BCUT2D eigenvalue weighted by atomic mass is 35.5. The number of carbonyl (C=O) groups is 1. The summed E-state index contributed by atoms with van der Waals surface area (Å²) in [6.45, 7) is 0.607. The third-order valence-corrected chi connectivity index (χ3v) is 4.75. The Hall–Kier alpha value is -2.34. The molecule has 0 saturated heterocycles. The molecule has 0 aliphatic heterocycles. The Bertz CT molecular complexity index is 816. The number of hydrogen-bond donors (Lipinski definition) is 1. The van der Waals surface area contributed by atoms with Crippen LogP contribution in [-0.4, -0.2) is 28.6 Å². The monoisotopic (exact) mass is 375 g/mol. The first-order valence-corrected chi connectivity index (χ1v) is 9.21. The van der Waals surface area contributed by atoms with Crippen LogP contribution in [0.15, 0.2) is 41.5 Å². The number of nitrogens with zero attached hydrogens (tertiary/aromatic N) is 2. The number of aromatic nitrogens is 2. The fraction of sp³-hybridized carbons (Fsp3) is 0.421. The largest absolute Gasteiger partial charge is 0.484 e. The Morgan fingerprint density at radius 2 is 2.12 bits per heavy atom. The number of ether oxygens (including phenoxy) is 1. The van der Waals surface area contributed by atoms with E-state index in [2.05, 4.69) is 10.3 Å². The van der Waals surface area contributed by atoms with Crippen LogP contribution in [0.2, 0.25) is 5.02 Å². The van der Waals surface area contributed by atoms with E-state index < -0.39 is 0 Å². The fourth-order valence-corrected chi connectivity index (χ4v) is 3.31. The molecule has 1 aromatic carbocycles. The van der Waals surface area contributed by atoms with Gasteiger partial charge in [-0.2, -0.15) is 0 Å². The summed E-state index contributed by atoms with van der Waals surface area (Å²) in [6.07, 6.45) is 6.21. The quantitative estimate of drug-likeness (QED) is 0.807. The molecular formula is C19H22ClN3O3. The van der Waals surface area contributed by atoms with Gasteiger partial charge in [0, 0.05) is 30.1 Å². The first kappa shape index (κ1) is 18.5. The minimum absolute atomic E-state index is 0.0775. The van der Waals surface area contributed by atoms with Crippen LogP contribution < -0.4 is 15.6 Å². The number of amides is 1. The van der Waals surface area contributed by atoms with Gasteiger partial charge in [0.15, 0.2) is 6.61 Å². The molecule has 2 aromatic rings. The van der Waals surface area contributed by atoms with E-state index in [1.165, 1.54) is 17.4 Å². The molecule has 0 spiro atoms. The molecule has 1 N–H and O–H groups in total. The van der Waals surface area contributed by atoms with Gasteiger partial charge in [0.25, 0.3) is 11.5 Å². The summed E-state index contributed by atoms with van der Waals surface area (Å²) in [5.41, 5.74) is 0.814. The summed E-state index contributed by atoms with van der Waals surface area (Å²) in [6, 6.07) is 8.49. The maximum Gasteiger partial charge on any atom is 0.258 e. The molecule has 1 aliphatic carbocycles. The van der Waals surface area contributed by atoms with Crippen molar-refractivity contribution in [2.75, 3.05) is 13.2 Å². The van der Waals surface area contributed by atoms with Crippen molar-refractivity contribution in [2.45, 2.75) is 38.1 Å². The Kier molecular flexibility index (Phi) is 6.28. The summed E-state index contributed by atoms with van der Waals surface area (Å²) >= 11 is 5.86. The molecule has 0 atom stereocenters. The zero-order valence-electron chi connectivity index (χ0n) is 14.5. The van der Waals surface area contributed by atoms with Crippen molar-refractivity contribution in [3.63, 3.8) is 0 Å². The van der Waals surface area contributed by atoms with Crippen LogP contribution in [-0.2, 0) is 11.3 Å². The molecule has 1 fully saturated rings. The van der Waals surface area contributed by atoms with Gasteiger partial charge >= 0.3 is 0 Å². The third kappa shape index (κ3) is 5.08. The van der Waals surface area contributed by atoms with Crippen LogP contribution in [0.5, 0.6) is 5.75 Å². The van der Waals surface area contributed by atoms with E-state index in [1.54, 1.807) is 36.7 Å². The number of benzene rings is 1. The van der Waals surface area contributed by atoms with Crippen molar-refractivity contribution in [3.05, 3.63) is 57.7 Å². The molecule has 1 heterocycles. The molecule has 6 nitrogen and oxygen atoms in total. The van der Waals surface area contributed by atoms with Crippen LogP contribution >= 0.6 is 11.6 Å². The molecule has 1 aliphatic rings. The zero-order chi connectivity index (χ0) is 18.4. The minimum atomic E-state index is -0.256. The van der Waals surface area contributed by atoms with Crippen LogP contribution in [0.3, 0.4) is 0 Å². The Balaban J connectivity index is 1.44. The van der Waals surface area contributed by atoms with Crippen molar-refractivity contribution in [2.24, 2.45) is 0 Å². The lowest BCUT2D eigenvalue weighted by atomic mass is 10.0. The van der Waals surface area contributed by atoms with E-state index in [1.807, 2.05) is 0 Å². The molecule has 26 heavy (non-hydrogen) atoms. The summed E-state index contributed by atoms with van der Waals surface area (Å²) < 4.78 is 6.88. The van der Waals surface area contributed by atoms with Gasteiger partial charge in [-0.05, 0) is 31.0 Å². The summed E-state index contributed by atoms with van der Waals surface area (Å²) in [5, 5.41) is 3.28. The van der Waals surface area contributed by atoms with Crippen molar-refractivity contribution in [1.29, 1.82) is 0 Å². The maximum absolute atomic E-state index is 12.2. The number of halogens is 1. The summed E-state index contributed by atoms with van der Waals surface area (Å²) in [7, 11) is 0. The second-order valence-corrected chi connectivity index (χ2v) is 6.86. The molecule has 138 valence electrons. The van der Waals surface area contributed by atoms with E-state index in [0.29, 0.717) is 29.8 Å². The normalized spacial score (nSPS) is 14.3. The van der Waals surface area contributed by atoms with Gasteiger partial charge < -0.3 is 10.1 Å². The van der Waals surface area contributed by atoms with Gasteiger partial charge in [0.1, 0.15) is 5.75 Å². The van der Waals surface area contributed by atoms with Gasteiger partial charge in [-0.1, -0.05) is 30.5 Å². The van der Waals surface area contributed by atoms with Crippen LogP contribution in [0.25, 0.3) is 0 Å². The first-order chi connectivity index (χ1) is 12.6. The predicted octanol–water partition coefficient (Wildman–Crippen LogP) is 2.75. The predicted molar refractivity (Wildman–Crippen MR) is 99.7 cm³/mol. The lowest BCUT2D eigenvalue weighted by molar-refractivity contribution is -0.123. The molecule has 0 unspecified atom stereocenters. The first-order valence-electron chi connectivity index (χ1n) is 8.83. The van der Waals surface area contributed by atoms with E-state index in [9.17, 15) is 9.59 Å². The summed E-state index contributed by atoms with van der Waals surface area (Å²) in [4.78, 5) is 28.4. The molecule has 1 aromatic heterocycles. The average Bonchev–Trinajstić information content (AvgIpc) is 3.16. The van der Waals surface area contributed by atoms with Crippen molar-refractivity contribution in [3.8, 4) is 5.75 Å². The minimum Gasteiger partial charge on any atom is -0.484 e. The molecule has 3 rings (SSSR count). The third-order valence-electron chi connectivity index (χ3n) is 4.51. The lowest BCUT2D eigenvalue weighted by Gasteiger charge is -2.11. The van der Waals surface area contributed by atoms with Gasteiger partial charge in [-0.15, -0.1) is 0 Å². The van der Waals surface area contributed by atoms with Crippen LogP contribution in [0.1, 0.15) is 37.3 Å². The topological polar surface area (TPSA) is 73.2 Å². The highest BCUT2D eigenvalue weighted by molar-refractivity contribution is 6.30. The van der Waals surface area contributed by atoms with Crippen molar-refractivity contribution >= 4 is 17.5 Å². The van der Waals surface area contributed by atoms with Crippen LogP contribution in [0.4, 0.5) is 0 Å². The van der Waals surface area contributed by atoms with E-state index in [0.717, 1.165) is 18.5 Å². The zero-order valence-corrected chi connectivity index (χ0v) is 15.2. The van der Waals surface area contributed by atoms with E-state index >= 15 is 0 Å². The molecule has 1 saturated carbocycles. The average molecular weight is 376 g/mol.